The molecule has 0 aliphatic rings. The van der Waals surface area contributed by atoms with Crippen molar-refractivity contribution in [2.45, 2.75) is 27.2 Å². The van der Waals surface area contributed by atoms with Crippen molar-refractivity contribution in [3.05, 3.63) is 34.9 Å². The second kappa shape index (κ2) is 4.75. The second-order valence-corrected chi connectivity index (χ2v) is 3.72. The molecule has 1 aromatic rings. The molecule has 0 N–H and O–H groups in total. The Bertz CT molecular complexity index is 395. The Hall–Kier alpha value is -1.62. The van der Waals surface area contributed by atoms with Gasteiger partial charge in [-0.25, -0.2) is 0 Å². The highest BCUT2D eigenvalue weighted by Crippen LogP contribution is 2.19. The molecule has 0 aromatic heterocycles. The van der Waals surface area contributed by atoms with E-state index in [9.17, 15) is 4.79 Å². The van der Waals surface area contributed by atoms with Crippen molar-refractivity contribution < 1.29 is 4.79 Å². The number of hydrogen-bond donors (Lipinski definition) is 0. The second-order valence-electron chi connectivity index (χ2n) is 3.72. The normalized spacial score (nSPS) is 11.9. The lowest BCUT2D eigenvalue weighted by Gasteiger charge is -2.10. The largest absolute Gasteiger partial charge is 0.293 e. The van der Waals surface area contributed by atoms with Gasteiger partial charge in [0.25, 0.3) is 0 Å². The van der Waals surface area contributed by atoms with E-state index in [1.165, 1.54) is 0 Å². The zero-order valence-corrected chi connectivity index (χ0v) is 9.37. The van der Waals surface area contributed by atoms with Crippen LogP contribution in [0, 0.1) is 31.1 Å². The van der Waals surface area contributed by atoms with Crippen molar-refractivity contribution in [2.75, 3.05) is 0 Å². The van der Waals surface area contributed by atoms with Crippen LogP contribution in [0.1, 0.15) is 34.8 Å². The van der Waals surface area contributed by atoms with Gasteiger partial charge < -0.3 is 0 Å². The van der Waals surface area contributed by atoms with Gasteiger partial charge in [0.15, 0.2) is 5.78 Å². The van der Waals surface area contributed by atoms with E-state index in [2.05, 4.69) is 6.07 Å². The number of nitriles is 1. The Morgan fingerprint density at radius 2 is 1.93 bits per heavy atom. The van der Waals surface area contributed by atoms with Gasteiger partial charge in [0.1, 0.15) is 5.92 Å². The van der Waals surface area contributed by atoms with Crippen LogP contribution in [-0.4, -0.2) is 5.78 Å². The smallest absolute Gasteiger partial charge is 0.180 e. The van der Waals surface area contributed by atoms with Gasteiger partial charge in [0.05, 0.1) is 6.07 Å². The number of aryl methyl sites for hydroxylation is 2. The maximum atomic E-state index is 12.0. The van der Waals surface area contributed by atoms with Crippen LogP contribution in [0.2, 0.25) is 0 Å². The highest BCUT2D eigenvalue weighted by atomic mass is 16.1. The summed E-state index contributed by atoms with van der Waals surface area (Å²) in [6, 6.07) is 7.79. The maximum Gasteiger partial charge on any atom is 0.180 e. The third-order valence-corrected chi connectivity index (χ3v) is 2.61. The Kier molecular flexibility index (Phi) is 3.62. The first-order chi connectivity index (χ1) is 7.11. The fourth-order valence-electron chi connectivity index (χ4n) is 1.71. The zero-order chi connectivity index (χ0) is 11.4. The molecule has 1 rings (SSSR count). The van der Waals surface area contributed by atoms with Gasteiger partial charge in [-0.2, -0.15) is 5.26 Å². The molecule has 2 heteroatoms. The number of hydrogen-bond acceptors (Lipinski definition) is 2. The number of carbonyl (C=O) groups is 1. The number of rotatable bonds is 3. The maximum absolute atomic E-state index is 12.0. The van der Waals surface area contributed by atoms with E-state index in [4.69, 9.17) is 5.26 Å². The molecule has 0 fully saturated rings. The van der Waals surface area contributed by atoms with Crippen LogP contribution in [0.15, 0.2) is 18.2 Å². The highest BCUT2D eigenvalue weighted by molar-refractivity contribution is 6.01. The fraction of sp³-hybridized carbons (Fsp3) is 0.385. The van der Waals surface area contributed by atoms with E-state index < -0.39 is 5.92 Å². The molecule has 1 unspecified atom stereocenters. The lowest BCUT2D eigenvalue weighted by atomic mass is 9.91. The first kappa shape index (κ1) is 11.5. The first-order valence-electron chi connectivity index (χ1n) is 5.11. The molecule has 2 nitrogen and oxygen atoms in total. The summed E-state index contributed by atoms with van der Waals surface area (Å²) < 4.78 is 0. The minimum Gasteiger partial charge on any atom is -0.293 e. The van der Waals surface area contributed by atoms with Crippen LogP contribution in [-0.2, 0) is 0 Å². The molecule has 0 aliphatic carbocycles. The van der Waals surface area contributed by atoms with E-state index in [0.717, 1.165) is 11.1 Å². The molecule has 0 aliphatic heterocycles. The van der Waals surface area contributed by atoms with E-state index in [0.29, 0.717) is 12.0 Å². The molecule has 0 amide bonds. The van der Waals surface area contributed by atoms with Crippen LogP contribution >= 0.6 is 0 Å². The van der Waals surface area contributed by atoms with Gasteiger partial charge in [-0.1, -0.05) is 25.1 Å². The monoisotopic (exact) mass is 201 g/mol. The van der Waals surface area contributed by atoms with Gasteiger partial charge in [0.2, 0.25) is 0 Å². The van der Waals surface area contributed by atoms with Gasteiger partial charge in [-0.05, 0) is 31.4 Å². The van der Waals surface area contributed by atoms with Crippen molar-refractivity contribution in [1.82, 2.24) is 0 Å². The molecule has 0 saturated heterocycles. The van der Waals surface area contributed by atoms with Crippen molar-refractivity contribution in [3.63, 3.8) is 0 Å². The van der Waals surface area contributed by atoms with Crippen LogP contribution in [0.3, 0.4) is 0 Å². The summed E-state index contributed by atoms with van der Waals surface area (Å²) in [5, 5.41) is 8.87. The highest BCUT2D eigenvalue weighted by Gasteiger charge is 2.20. The number of nitrogens with zero attached hydrogens (tertiary/aromatic N) is 1. The molecular formula is C13H15NO. The average Bonchev–Trinajstić information content (AvgIpc) is 2.19. The van der Waals surface area contributed by atoms with Gasteiger partial charge in [0, 0.05) is 5.56 Å². The number of benzene rings is 1. The van der Waals surface area contributed by atoms with Crippen LogP contribution in [0.4, 0.5) is 0 Å². The standard InChI is InChI=1S/C13H15NO/c1-4-11(8-14)13(15)12-9(2)6-5-7-10(12)3/h5-7,11H,4H2,1-3H3. The average molecular weight is 201 g/mol. The SMILES string of the molecule is CCC(C#N)C(=O)c1c(C)cccc1C. The Labute approximate surface area is 90.5 Å². The first-order valence-corrected chi connectivity index (χ1v) is 5.11. The van der Waals surface area contributed by atoms with E-state index in [1.54, 1.807) is 0 Å². The summed E-state index contributed by atoms with van der Waals surface area (Å²) in [4.78, 5) is 12.0. The minimum absolute atomic E-state index is 0.0457. The van der Waals surface area contributed by atoms with Crippen molar-refractivity contribution >= 4 is 5.78 Å². The summed E-state index contributed by atoms with van der Waals surface area (Å²) in [6.07, 6.45) is 0.573. The van der Waals surface area contributed by atoms with Crippen LogP contribution in [0.25, 0.3) is 0 Å². The molecule has 0 spiro atoms. The number of Topliss-reactive ketones (excluding diaryl/α,β-unsaturated/α-hetero) is 1. The zero-order valence-electron chi connectivity index (χ0n) is 9.37. The molecular weight excluding hydrogens is 186 g/mol. The number of ketones is 1. The Morgan fingerprint density at radius 1 is 1.40 bits per heavy atom. The van der Waals surface area contributed by atoms with Crippen molar-refractivity contribution in [1.29, 1.82) is 5.26 Å². The van der Waals surface area contributed by atoms with Crippen molar-refractivity contribution in [3.8, 4) is 6.07 Å². The summed E-state index contributed by atoms with van der Waals surface area (Å²) in [7, 11) is 0. The molecule has 1 aromatic carbocycles. The molecule has 0 radical (unpaired) electrons. The molecule has 0 saturated carbocycles. The Morgan fingerprint density at radius 3 is 2.33 bits per heavy atom. The molecule has 78 valence electrons. The topological polar surface area (TPSA) is 40.9 Å². The van der Waals surface area contributed by atoms with E-state index in [-0.39, 0.29) is 5.78 Å². The van der Waals surface area contributed by atoms with Crippen LogP contribution in [0.5, 0.6) is 0 Å². The third-order valence-electron chi connectivity index (χ3n) is 2.61. The van der Waals surface area contributed by atoms with Gasteiger partial charge in [-0.15, -0.1) is 0 Å². The summed E-state index contributed by atoms with van der Waals surface area (Å²) in [5.41, 5.74) is 2.62. The molecule has 15 heavy (non-hydrogen) atoms. The number of carbonyl (C=O) groups excluding carboxylic acids is 1. The summed E-state index contributed by atoms with van der Waals surface area (Å²) in [6.45, 7) is 5.67. The Balaban J connectivity index is 3.17. The molecule has 0 bridgehead atoms. The predicted octanol–water partition coefficient (Wildman–Crippen LogP) is 3.04. The van der Waals surface area contributed by atoms with Crippen molar-refractivity contribution in [2.24, 2.45) is 5.92 Å². The van der Waals surface area contributed by atoms with Gasteiger partial charge in [-0.3, -0.25) is 4.79 Å². The summed E-state index contributed by atoms with van der Waals surface area (Å²) in [5.74, 6) is -0.555. The third kappa shape index (κ3) is 2.24. The fourth-order valence-corrected chi connectivity index (χ4v) is 1.71. The lowest BCUT2D eigenvalue weighted by molar-refractivity contribution is 0.0945. The summed E-state index contributed by atoms with van der Waals surface area (Å²) >= 11 is 0. The van der Waals surface area contributed by atoms with E-state index >= 15 is 0 Å². The van der Waals surface area contributed by atoms with E-state index in [1.807, 2.05) is 39.0 Å². The minimum atomic E-state index is -0.509. The molecule has 0 heterocycles. The quantitative estimate of drug-likeness (QED) is 0.705. The van der Waals surface area contributed by atoms with Gasteiger partial charge >= 0.3 is 0 Å². The lowest BCUT2D eigenvalue weighted by Crippen LogP contribution is -2.14. The molecule has 1 atom stereocenters. The van der Waals surface area contributed by atoms with Crippen LogP contribution < -0.4 is 0 Å². The predicted molar refractivity (Wildman–Crippen MR) is 59.6 cm³/mol.